The molecule has 0 amide bonds. The highest BCUT2D eigenvalue weighted by molar-refractivity contribution is 6.31. The van der Waals surface area contributed by atoms with Gasteiger partial charge in [0.2, 0.25) is 0 Å². The molecule has 2 rings (SSSR count). The number of aryl methyl sites for hydroxylation is 3. The van der Waals surface area contributed by atoms with Crippen LogP contribution in [-0.2, 0) is 19.9 Å². The van der Waals surface area contributed by atoms with Gasteiger partial charge in [0, 0.05) is 30.2 Å². The van der Waals surface area contributed by atoms with Gasteiger partial charge in [-0.1, -0.05) is 30.7 Å². The maximum atomic E-state index is 6.10. The maximum Gasteiger partial charge on any atom is 0.0624 e. The fourth-order valence-electron chi connectivity index (χ4n) is 2.42. The molecule has 1 unspecified atom stereocenters. The number of halogens is 1. The van der Waals surface area contributed by atoms with E-state index in [4.69, 9.17) is 11.6 Å². The summed E-state index contributed by atoms with van der Waals surface area (Å²) in [6.45, 7) is 4.17. The summed E-state index contributed by atoms with van der Waals surface area (Å²) in [5, 5.41) is 8.71. The predicted octanol–water partition coefficient (Wildman–Crippen LogP) is 3.45. The van der Waals surface area contributed by atoms with E-state index < -0.39 is 0 Å². The van der Waals surface area contributed by atoms with E-state index in [1.165, 1.54) is 11.3 Å². The summed E-state index contributed by atoms with van der Waals surface area (Å²) in [7, 11) is 4.00. The molecule has 0 aliphatic carbocycles. The van der Waals surface area contributed by atoms with Gasteiger partial charge in [-0.2, -0.15) is 5.10 Å². The van der Waals surface area contributed by atoms with Gasteiger partial charge in [-0.15, -0.1) is 0 Å². The lowest BCUT2D eigenvalue weighted by Gasteiger charge is -2.17. The van der Waals surface area contributed by atoms with Gasteiger partial charge in [0.15, 0.2) is 0 Å². The normalized spacial score (nSPS) is 12.7. The van der Waals surface area contributed by atoms with E-state index in [-0.39, 0.29) is 6.04 Å². The largest absolute Gasteiger partial charge is 0.313 e. The molecule has 1 atom stereocenters. The number of aromatic nitrogens is 2. The van der Waals surface area contributed by atoms with E-state index in [0.717, 1.165) is 29.1 Å². The monoisotopic (exact) mass is 291 g/mol. The Kier molecular flexibility index (Phi) is 4.84. The standard InChI is InChI=1S/C16H22ClN3/c1-5-13-9-14(20(4)19-13)10-16(18-3)12-6-7-15(17)11(2)8-12/h6-9,16,18H,5,10H2,1-4H3. The molecule has 1 aromatic heterocycles. The molecule has 0 spiro atoms. The summed E-state index contributed by atoms with van der Waals surface area (Å²) >= 11 is 6.10. The second kappa shape index (κ2) is 6.42. The number of benzene rings is 1. The molecule has 4 heteroatoms. The summed E-state index contributed by atoms with van der Waals surface area (Å²) in [6.07, 6.45) is 1.89. The smallest absolute Gasteiger partial charge is 0.0624 e. The highest BCUT2D eigenvalue weighted by Gasteiger charge is 2.14. The number of rotatable bonds is 5. The van der Waals surface area contributed by atoms with Crippen molar-refractivity contribution in [2.45, 2.75) is 32.7 Å². The third-order valence-electron chi connectivity index (χ3n) is 3.74. The molecular weight excluding hydrogens is 270 g/mol. The van der Waals surface area contributed by atoms with Crippen LogP contribution >= 0.6 is 11.6 Å². The molecule has 1 heterocycles. The zero-order valence-electron chi connectivity index (χ0n) is 12.6. The zero-order chi connectivity index (χ0) is 14.7. The Labute approximate surface area is 126 Å². The van der Waals surface area contributed by atoms with Crippen LogP contribution < -0.4 is 5.32 Å². The predicted molar refractivity (Wildman–Crippen MR) is 84.3 cm³/mol. The Morgan fingerprint density at radius 1 is 1.35 bits per heavy atom. The van der Waals surface area contributed by atoms with E-state index in [9.17, 15) is 0 Å². The summed E-state index contributed by atoms with van der Waals surface area (Å²) < 4.78 is 1.98. The quantitative estimate of drug-likeness (QED) is 0.914. The molecule has 0 saturated carbocycles. The summed E-state index contributed by atoms with van der Waals surface area (Å²) in [5.41, 5.74) is 4.76. The Hall–Kier alpha value is -1.32. The molecule has 0 fully saturated rings. The van der Waals surface area contributed by atoms with Gasteiger partial charge >= 0.3 is 0 Å². The maximum absolute atomic E-state index is 6.10. The topological polar surface area (TPSA) is 29.9 Å². The molecule has 0 radical (unpaired) electrons. The summed E-state index contributed by atoms with van der Waals surface area (Å²) in [6, 6.07) is 8.67. The third-order valence-corrected chi connectivity index (χ3v) is 4.16. The van der Waals surface area contributed by atoms with E-state index in [0.29, 0.717) is 0 Å². The molecule has 108 valence electrons. The first-order valence-electron chi connectivity index (χ1n) is 7.00. The molecular formula is C16H22ClN3. The van der Waals surface area contributed by atoms with Crippen molar-refractivity contribution >= 4 is 11.6 Å². The van der Waals surface area contributed by atoms with Crippen LogP contribution in [0.4, 0.5) is 0 Å². The van der Waals surface area contributed by atoms with Gasteiger partial charge in [-0.3, -0.25) is 4.68 Å². The Morgan fingerprint density at radius 2 is 2.10 bits per heavy atom. The number of nitrogens with one attached hydrogen (secondary N) is 1. The first-order valence-corrected chi connectivity index (χ1v) is 7.38. The SMILES string of the molecule is CCc1cc(CC(NC)c2ccc(Cl)c(C)c2)n(C)n1. The lowest BCUT2D eigenvalue weighted by molar-refractivity contribution is 0.561. The first-order chi connectivity index (χ1) is 9.55. The summed E-state index contributed by atoms with van der Waals surface area (Å²) in [4.78, 5) is 0. The number of nitrogens with zero attached hydrogens (tertiary/aromatic N) is 2. The number of likely N-dealkylation sites (N-methyl/N-ethyl adjacent to an activating group) is 1. The summed E-state index contributed by atoms with van der Waals surface area (Å²) in [5.74, 6) is 0. The van der Waals surface area contributed by atoms with Crippen molar-refractivity contribution in [3.05, 3.63) is 51.8 Å². The fourth-order valence-corrected chi connectivity index (χ4v) is 2.53. The van der Waals surface area contributed by atoms with Gasteiger partial charge in [0.25, 0.3) is 0 Å². The van der Waals surface area contributed by atoms with Gasteiger partial charge in [0.05, 0.1) is 5.69 Å². The molecule has 0 bridgehead atoms. The second-order valence-corrected chi connectivity index (χ2v) is 5.57. The van der Waals surface area contributed by atoms with Crippen LogP contribution in [0.25, 0.3) is 0 Å². The molecule has 2 aromatic rings. The van der Waals surface area contributed by atoms with E-state index in [1.807, 2.05) is 31.8 Å². The highest BCUT2D eigenvalue weighted by atomic mass is 35.5. The Balaban J connectivity index is 2.23. The lowest BCUT2D eigenvalue weighted by Crippen LogP contribution is -2.20. The van der Waals surface area contributed by atoms with E-state index in [2.05, 4.69) is 35.5 Å². The van der Waals surface area contributed by atoms with Gasteiger partial charge < -0.3 is 5.32 Å². The average molecular weight is 292 g/mol. The third kappa shape index (κ3) is 3.22. The first kappa shape index (κ1) is 15.1. The molecule has 1 aromatic carbocycles. The van der Waals surface area contributed by atoms with Gasteiger partial charge in [0.1, 0.15) is 0 Å². The number of hydrogen-bond donors (Lipinski definition) is 1. The van der Waals surface area contributed by atoms with Crippen LogP contribution in [-0.4, -0.2) is 16.8 Å². The highest BCUT2D eigenvalue weighted by Crippen LogP contribution is 2.23. The minimum atomic E-state index is 0.270. The van der Waals surface area contributed by atoms with Crippen molar-refractivity contribution in [1.29, 1.82) is 0 Å². The Bertz CT molecular complexity index is 589. The fraction of sp³-hybridized carbons (Fsp3) is 0.438. The minimum absolute atomic E-state index is 0.270. The van der Waals surface area contributed by atoms with Crippen LogP contribution in [0.5, 0.6) is 0 Å². The Morgan fingerprint density at radius 3 is 2.65 bits per heavy atom. The van der Waals surface area contributed by atoms with E-state index >= 15 is 0 Å². The molecule has 3 nitrogen and oxygen atoms in total. The van der Waals surface area contributed by atoms with Crippen molar-refractivity contribution in [1.82, 2.24) is 15.1 Å². The van der Waals surface area contributed by atoms with Crippen molar-refractivity contribution < 1.29 is 0 Å². The van der Waals surface area contributed by atoms with Crippen LogP contribution in [0.1, 0.15) is 35.5 Å². The van der Waals surface area contributed by atoms with Gasteiger partial charge in [-0.25, -0.2) is 0 Å². The zero-order valence-corrected chi connectivity index (χ0v) is 13.3. The van der Waals surface area contributed by atoms with Crippen molar-refractivity contribution in [2.24, 2.45) is 7.05 Å². The van der Waals surface area contributed by atoms with Crippen LogP contribution in [0.2, 0.25) is 5.02 Å². The molecule has 0 saturated heterocycles. The van der Waals surface area contributed by atoms with Crippen LogP contribution in [0.15, 0.2) is 24.3 Å². The van der Waals surface area contributed by atoms with Gasteiger partial charge in [-0.05, 0) is 43.7 Å². The van der Waals surface area contributed by atoms with E-state index in [1.54, 1.807) is 0 Å². The van der Waals surface area contributed by atoms with Crippen molar-refractivity contribution in [3.63, 3.8) is 0 Å². The van der Waals surface area contributed by atoms with Crippen LogP contribution in [0, 0.1) is 6.92 Å². The molecule has 1 N–H and O–H groups in total. The lowest BCUT2D eigenvalue weighted by atomic mass is 10.00. The second-order valence-electron chi connectivity index (χ2n) is 5.16. The van der Waals surface area contributed by atoms with Crippen molar-refractivity contribution in [2.75, 3.05) is 7.05 Å². The minimum Gasteiger partial charge on any atom is -0.313 e. The average Bonchev–Trinajstić information content (AvgIpc) is 2.80. The molecule has 0 aliphatic heterocycles. The molecule has 0 aliphatic rings. The van der Waals surface area contributed by atoms with Crippen LogP contribution in [0.3, 0.4) is 0 Å². The van der Waals surface area contributed by atoms with Crippen molar-refractivity contribution in [3.8, 4) is 0 Å². The molecule has 20 heavy (non-hydrogen) atoms. The number of hydrogen-bond acceptors (Lipinski definition) is 2.